The van der Waals surface area contributed by atoms with Crippen molar-refractivity contribution in [3.05, 3.63) is 0 Å². The summed E-state index contributed by atoms with van der Waals surface area (Å²) in [5, 5.41) is 0. The number of hydrogen-bond acceptors (Lipinski definition) is 2. The predicted octanol–water partition coefficient (Wildman–Crippen LogP) is 4.11. The van der Waals surface area contributed by atoms with Gasteiger partial charge in [0.05, 0.1) is 6.61 Å². The molecule has 2 nitrogen and oxygen atoms in total. The molecule has 1 atom stereocenters. The number of rotatable bonds is 8. The van der Waals surface area contributed by atoms with E-state index in [0.29, 0.717) is 6.61 Å². The van der Waals surface area contributed by atoms with Gasteiger partial charge in [0.15, 0.2) is 6.29 Å². The summed E-state index contributed by atoms with van der Waals surface area (Å²) in [5.74, 6) is 7.14. The molecule has 0 aromatic heterocycles. The fourth-order valence-corrected chi connectivity index (χ4v) is 2.11. The monoisotopic (exact) mass is 272 g/mol. The van der Waals surface area contributed by atoms with Gasteiger partial charge in [-0.1, -0.05) is 12.8 Å². The minimum atomic E-state index is 0.0242. The highest BCUT2D eigenvalue weighted by molar-refractivity contribution is 6.17. The van der Waals surface area contributed by atoms with Crippen LogP contribution in [0.25, 0.3) is 0 Å². The molecule has 3 heteroatoms. The van der Waals surface area contributed by atoms with Gasteiger partial charge in [0.2, 0.25) is 0 Å². The molecule has 0 aliphatic carbocycles. The topological polar surface area (TPSA) is 18.5 Å². The van der Waals surface area contributed by atoms with Gasteiger partial charge in [-0.05, 0) is 32.1 Å². The molecule has 1 unspecified atom stereocenters. The minimum Gasteiger partial charge on any atom is -0.353 e. The largest absolute Gasteiger partial charge is 0.353 e. The number of alkyl halides is 1. The van der Waals surface area contributed by atoms with Gasteiger partial charge in [-0.15, -0.1) is 23.4 Å². The van der Waals surface area contributed by atoms with Gasteiger partial charge < -0.3 is 9.47 Å². The normalized spacial score (nSPS) is 19.3. The third kappa shape index (κ3) is 8.80. The Morgan fingerprint density at radius 1 is 1.06 bits per heavy atom. The van der Waals surface area contributed by atoms with Crippen molar-refractivity contribution in [2.45, 2.75) is 64.1 Å². The summed E-state index contributed by atoms with van der Waals surface area (Å²) in [6.07, 6.45) is 10.1. The summed E-state index contributed by atoms with van der Waals surface area (Å²) in [6.45, 7) is 1.54. The van der Waals surface area contributed by atoms with E-state index in [1.807, 2.05) is 0 Å². The lowest BCUT2D eigenvalue weighted by atomic mass is 10.1. The maximum atomic E-state index is 5.61. The zero-order valence-corrected chi connectivity index (χ0v) is 12.0. The first-order valence-electron chi connectivity index (χ1n) is 7.18. The SMILES string of the molecule is ClCCCCCCC#CCCOC1CCCCO1. The van der Waals surface area contributed by atoms with Gasteiger partial charge in [0, 0.05) is 25.3 Å². The van der Waals surface area contributed by atoms with Crippen molar-refractivity contribution >= 4 is 11.6 Å². The fraction of sp³-hybridized carbons (Fsp3) is 0.867. The van der Waals surface area contributed by atoms with Crippen LogP contribution < -0.4 is 0 Å². The third-order valence-electron chi connectivity index (χ3n) is 2.98. The molecule has 1 heterocycles. The van der Waals surface area contributed by atoms with E-state index in [-0.39, 0.29) is 6.29 Å². The summed E-state index contributed by atoms with van der Waals surface area (Å²) in [5.41, 5.74) is 0. The molecule has 1 fully saturated rings. The fourth-order valence-electron chi connectivity index (χ4n) is 1.92. The lowest BCUT2D eigenvalue weighted by Gasteiger charge is -2.22. The van der Waals surface area contributed by atoms with Crippen molar-refractivity contribution < 1.29 is 9.47 Å². The van der Waals surface area contributed by atoms with Gasteiger partial charge in [0.1, 0.15) is 0 Å². The van der Waals surface area contributed by atoms with Crippen LogP contribution >= 0.6 is 11.6 Å². The Hall–Kier alpha value is -0.230. The summed E-state index contributed by atoms with van der Waals surface area (Å²) >= 11 is 5.61. The number of unbranched alkanes of at least 4 members (excludes halogenated alkanes) is 4. The average molecular weight is 273 g/mol. The van der Waals surface area contributed by atoms with Crippen LogP contribution in [0.15, 0.2) is 0 Å². The van der Waals surface area contributed by atoms with E-state index in [2.05, 4.69) is 11.8 Å². The second kappa shape index (κ2) is 11.8. The molecule has 0 spiro atoms. The Labute approximate surface area is 116 Å². The zero-order chi connectivity index (χ0) is 12.9. The lowest BCUT2D eigenvalue weighted by molar-refractivity contribution is -0.161. The van der Waals surface area contributed by atoms with Crippen molar-refractivity contribution in [1.82, 2.24) is 0 Å². The van der Waals surface area contributed by atoms with E-state index in [4.69, 9.17) is 21.1 Å². The molecule has 0 aromatic carbocycles. The van der Waals surface area contributed by atoms with E-state index < -0.39 is 0 Å². The number of hydrogen-bond donors (Lipinski definition) is 0. The molecule has 0 radical (unpaired) electrons. The Bertz CT molecular complexity index is 239. The van der Waals surface area contributed by atoms with Crippen LogP contribution in [-0.4, -0.2) is 25.4 Å². The van der Waals surface area contributed by atoms with Crippen LogP contribution in [-0.2, 0) is 9.47 Å². The molecule has 18 heavy (non-hydrogen) atoms. The van der Waals surface area contributed by atoms with Crippen LogP contribution in [0, 0.1) is 11.8 Å². The van der Waals surface area contributed by atoms with Gasteiger partial charge >= 0.3 is 0 Å². The van der Waals surface area contributed by atoms with Crippen LogP contribution in [0.3, 0.4) is 0 Å². The standard InChI is InChI=1S/C15H25ClO2/c16-12-8-5-3-1-2-4-6-9-13-17-15-11-7-10-14-18-15/h15H,1-3,5,7-14H2. The van der Waals surface area contributed by atoms with Crippen LogP contribution in [0.2, 0.25) is 0 Å². The second-order valence-electron chi connectivity index (χ2n) is 4.62. The quantitative estimate of drug-likeness (QED) is 0.376. The molecule has 104 valence electrons. The minimum absolute atomic E-state index is 0.0242. The molecule has 0 aromatic rings. The van der Waals surface area contributed by atoms with E-state index in [1.54, 1.807) is 0 Å². The summed E-state index contributed by atoms with van der Waals surface area (Å²) in [6, 6.07) is 0. The highest BCUT2D eigenvalue weighted by atomic mass is 35.5. The summed E-state index contributed by atoms with van der Waals surface area (Å²) < 4.78 is 11.1. The van der Waals surface area contributed by atoms with Gasteiger partial charge in [-0.2, -0.15) is 0 Å². The maximum Gasteiger partial charge on any atom is 0.157 e. The molecule has 1 saturated heterocycles. The molecular weight excluding hydrogens is 248 g/mol. The van der Waals surface area contributed by atoms with Crippen molar-refractivity contribution in [3.8, 4) is 11.8 Å². The van der Waals surface area contributed by atoms with Crippen LogP contribution in [0.4, 0.5) is 0 Å². The third-order valence-corrected chi connectivity index (χ3v) is 3.25. The molecule has 1 rings (SSSR count). The molecule has 0 bridgehead atoms. The van der Waals surface area contributed by atoms with E-state index in [0.717, 1.165) is 38.2 Å². The molecule has 0 saturated carbocycles. The lowest BCUT2D eigenvalue weighted by Crippen LogP contribution is -2.22. The van der Waals surface area contributed by atoms with E-state index >= 15 is 0 Å². The predicted molar refractivity (Wildman–Crippen MR) is 75.7 cm³/mol. The Balaban J connectivity index is 1.85. The Morgan fingerprint density at radius 2 is 1.89 bits per heavy atom. The van der Waals surface area contributed by atoms with Crippen molar-refractivity contribution in [2.75, 3.05) is 19.1 Å². The van der Waals surface area contributed by atoms with Crippen molar-refractivity contribution in [2.24, 2.45) is 0 Å². The van der Waals surface area contributed by atoms with Gasteiger partial charge in [0.25, 0.3) is 0 Å². The smallest absolute Gasteiger partial charge is 0.157 e. The first-order valence-corrected chi connectivity index (χ1v) is 7.72. The average Bonchev–Trinajstić information content (AvgIpc) is 2.42. The zero-order valence-electron chi connectivity index (χ0n) is 11.3. The van der Waals surface area contributed by atoms with Crippen LogP contribution in [0.5, 0.6) is 0 Å². The van der Waals surface area contributed by atoms with Crippen molar-refractivity contribution in [1.29, 1.82) is 0 Å². The maximum absolute atomic E-state index is 5.61. The van der Waals surface area contributed by atoms with E-state index in [1.165, 1.54) is 32.1 Å². The first kappa shape index (κ1) is 15.8. The Kier molecular flexibility index (Phi) is 10.4. The molecular formula is C15H25ClO2. The first-order chi connectivity index (χ1) is 8.93. The van der Waals surface area contributed by atoms with Crippen molar-refractivity contribution in [3.63, 3.8) is 0 Å². The highest BCUT2D eigenvalue weighted by Gasteiger charge is 2.12. The summed E-state index contributed by atoms with van der Waals surface area (Å²) in [4.78, 5) is 0. The molecule has 1 aliphatic rings. The number of ether oxygens (including phenoxy) is 2. The summed E-state index contributed by atoms with van der Waals surface area (Å²) in [7, 11) is 0. The second-order valence-corrected chi connectivity index (χ2v) is 5.00. The Morgan fingerprint density at radius 3 is 2.67 bits per heavy atom. The molecule has 1 aliphatic heterocycles. The van der Waals surface area contributed by atoms with E-state index in [9.17, 15) is 0 Å². The highest BCUT2D eigenvalue weighted by Crippen LogP contribution is 2.13. The molecule has 0 amide bonds. The number of halogens is 1. The van der Waals surface area contributed by atoms with Gasteiger partial charge in [-0.25, -0.2) is 0 Å². The van der Waals surface area contributed by atoms with Gasteiger partial charge in [-0.3, -0.25) is 0 Å². The molecule has 0 N–H and O–H groups in total. The van der Waals surface area contributed by atoms with Crippen LogP contribution in [0.1, 0.15) is 57.8 Å².